The highest BCUT2D eigenvalue weighted by molar-refractivity contribution is 7.89. The molecule has 0 aromatic heterocycles. The normalized spacial score (nSPS) is 33.6. The van der Waals surface area contributed by atoms with Crippen LogP contribution in [0.4, 0.5) is 5.69 Å². The minimum absolute atomic E-state index is 0.0287. The molecule has 30 heavy (non-hydrogen) atoms. The molecule has 6 nitrogen and oxygen atoms in total. The highest BCUT2D eigenvalue weighted by Crippen LogP contribution is 2.61. The van der Waals surface area contributed by atoms with Crippen molar-refractivity contribution in [2.75, 3.05) is 31.6 Å². The number of carbonyl (C=O) groups is 1. The van der Waals surface area contributed by atoms with Gasteiger partial charge in [-0.25, -0.2) is 8.42 Å². The number of sulfonamides is 1. The number of hydrogen-bond donors (Lipinski definition) is 1. The lowest BCUT2D eigenvalue weighted by Gasteiger charge is -2.56. The summed E-state index contributed by atoms with van der Waals surface area (Å²) >= 11 is 0. The molecule has 1 N–H and O–H groups in total. The number of morpholine rings is 1. The van der Waals surface area contributed by atoms with Crippen molar-refractivity contribution in [2.45, 2.75) is 56.8 Å². The van der Waals surface area contributed by atoms with Crippen molar-refractivity contribution in [3.05, 3.63) is 23.8 Å². The molecule has 0 unspecified atom stereocenters. The molecule has 4 saturated carbocycles. The molecule has 0 spiro atoms. The van der Waals surface area contributed by atoms with Gasteiger partial charge in [0, 0.05) is 25.2 Å². The number of anilines is 1. The van der Waals surface area contributed by atoms with Crippen molar-refractivity contribution in [3.63, 3.8) is 0 Å². The van der Waals surface area contributed by atoms with E-state index >= 15 is 0 Å². The van der Waals surface area contributed by atoms with E-state index < -0.39 is 10.0 Å². The summed E-state index contributed by atoms with van der Waals surface area (Å²) in [6.45, 7) is 3.47. The van der Waals surface area contributed by atoms with E-state index in [-0.39, 0.29) is 16.2 Å². The van der Waals surface area contributed by atoms with Crippen LogP contribution in [0.2, 0.25) is 0 Å². The molecule has 1 aromatic rings. The molecule has 5 aliphatic rings. The standard InChI is InChI=1S/C23H32N2O4S/c1-16-2-3-20(30(27,28)25-4-6-29-7-5-25)11-21(16)24-22(26)15-23-12-17-8-18(13-23)10-19(9-17)14-23/h2-3,11,17-19H,4-10,12-15H2,1H3,(H,24,26). The van der Waals surface area contributed by atoms with E-state index in [1.165, 1.54) is 42.8 Å². The van der Waals surface area contributed by atoms with Crippen molar-refractivity contribution >= 4 is 21.6 Å². The fourth-order valence-corrected chi connectivity index (χ4v) is 8.31. The fourth-order valence-electron chi connectivity index (χ4n) is 6.87. The van der Waals surface area contributed by atoms with E-state index in [4.69, 9.17) is 4.74 Å². The Bertz CT molecular complexity index is 901. The average Bonchev–Trinajstić information content (AvgIpc) is 2.68. The van der Waals surface area contributed by atoms with Crippen LogP contribution >= 0.6 is 0 Å². The second-order valence-corrected chi connectivity index (χ2v) is 12.1. The summed E-state index contributed by atoms with van der Waals surface area (Å²) in [5, 5.41) is 3.05. The SMILES string of the molecule is Cc1ccc(S(=O)(=O)N2CCOCC2)cc1NC(=O)CC12CC3CC(CC(C3)C1)C2. The van der Waals surface area contributed by atoms with Gasteiger partial charge in [0.25, 0.3) is 0 Å². The average molecular weight is 433 g/mol. The molecular weight excluding hydrogens is 400 g/mol. The van der Waals surface area contributed by atoms with Gasteiger partial charge in [-0.3, -0.25) is 4.79 Å². The largest absolute Gasteiger partial charge is 0.379 e. The summed E-state index contributed by atoms with van der Waals surface area (Å²) in [5.74, 6) is 2.47. The number of benzene rings is 1. The van der Waals surface area contributed by atoms with Gasteiger partial charge in [0.1, 0.15) is 0 Å². The summed E-state index contributed by atoms with van der Waals surface area (Å²) in [6, 6.07) is 5.04. The van der Waals surface area contributed by atoms with E-state index in [2.05, 4.69) is 5.32 Å². The molecule has 164 valence electrons. The van der Waals surface area contributed by atoms with Gasteiger partial charge in [-0.15, -0.1) is 0 Å². The number of ether oxygens (including phenoxy) is 1. The number of aryl methyl sites for hydroxylation is 1. The quantitative estimate of drug-likeness (QED) is 0.772. The van der Waals surface area contributed by atoms with Crippen LogP contribution < -0.4 is 5.32 Å². The number of nitrogens with one attached hydrogen (secondary N) is 1. The zero-order valence-electron chi connectivity index (χ0n) is 17.7. The van der Waals surface area contributed by atoms with Crippen molar-refractivity contribution in [1.82, 2.24) is 4.31 Å². The van der Waals surface area contributed by atoms with Gasteiger partial charge >= 0.3 is 0 Å². The summed E-state index contributed by atoms with van der Waals surface area (Å²) in [4.78, 5) is 13.3. The Morgan fingerprint density at radius 3 is 2.30 bits per heavy atom. The molecule has 0 radical (unpaired) electrons. The number of hydrogen-bond acceptors (Lipinski definition) is 4. The smallest absolute Gasteiger partial charge is 0.243 e. The first-order valence-electron chi connectivity index (χ1n) is 11.3. The van der Waals surface area contributed by atoms with Crippen molar-refractivity contribution in [2.24, 2.45) is 23.2 Å². The molecule has 4 bridgehead atoms. The lowest BCUT2D eigenvalue weighted by molar-refractivity contribution is -0.124. The number of rotatable bonds is 5. The Morgan fingerprint density at radius 1 is 1.10 bits per heavy atom. The first-order valence-corrected chi connectivity index (χ1v) is 12.8. The maximum Gasteiger partial charge on any atom is 0.243 e. The Labute approximate surface area is 179 Å². The first-order chi connectivity index (χ1) is 14.3. The van der Waals surface area contributed by atoms with Crippen molar-refractivity contribution in [1.29, 1.82) is 0 Å². The van der Waals surface area contributed by atoms with E-state index in [9.17, 15) is 13.2 Å². The summed E-state index contributed by atoms with van der Waals surface area (Å²) in [7, 11) is -3.58. The van der Waals surface area contributed by atoms with Gasteiger partial charge in [0.2, 0.25) is 15.9 Å². The zero-order valence-corrected chi connectivity index (χ0v) is 18.5. The van der Waals surface area contributed by atoms with Crippen LogP contribution in [0.15, 0.2) is 23.1 Å². The third-order valence-electron chi connectivity index (χ3n) is 7.79. The lowest BCUT2D eigenvalue weighted by atomic mass is 9.49. The maximum atomic E-state index is 13.0. The van der Waals surface area contributed by atoms with Gasteiger partial charge in [-0.05, 0) is 86.3 Å². The minimum atomic E-state index is -3.58. The van der Waals surface area contributed by atoms with Gasteiger partial charge in [-0.1, -0.05) is 6.07 Å². The van der Waals surface area contributed by atoms with Gasteiger partial charge < -0.3 is 10.1 Å². The summed E-state index contributed by atoms with van der Waals surface area (Å²) < 4.78 is 32.7. The van der Waals surface area contributed by atoms with E-state index in [1.54, 1.807) is 18.2 Å². The van der Waals surface area contributed by atoms with Crippen LogP contribution in [0.5, 0.6) is 0 Å². The molecule has 1 saturated heterocycles. The first kappa shape index (κ1) is 20.5. The van der Waals surface area contributed by atoms with E-state index in [1.807, 2.05) is 6.92 Å². The van der Waals surface area contributed by atoms with Crippen LogP contribution in [0.3, 0.4) is 0 Å². The molecule has 7 heteroatoms. The maximum absolute atomic E-state index is 13.0. The van der Waals surface area contributed by atoms with Crippen LogP contribution in [0, 0.1) is 30.1 Å². The Hall–Kier alpha value is -1.44. The van der Waals surface area contributed by atoms with Crippen LogP contribution in [0.1, 0.15) is 50.5 Å². The van der Waals surface area contributed by atoms with Crippen LogP contribution in [-0.4, -0.2) is 44.9 Å². The molecule has 4 aliphatic carbocycles. The number of amides is 1. The minimum Gasteiger partial charge on any atom is -0.379 e. The van der Waals surface area contributed by atoms with Gasteiger partial charge in [0.15, 0.2) is 0 Å². The Kier molecular flexibility index (Phi) is 5.19. The Morgan fingerprint density at radius 2 is 1.70 bits per heavy atom. The molecule has 1 aromatic carbocycles. The van der Waals surface area contributed by atoms with Gasteiger partial charge in [0.05, 0.1) is 18.1 Å². The third kappa shape index (κ3) is 3.80. The molecule has 5 fully saturated rings. The second kappa shape index (κ2) is 7.61. The topological polar surface area (TPSA) is 75.7 Å². The lowest BCUT2D eigenvalue weighted by Crippen LogP contribution is -2.47. The van der Waals surface area contributed by atoms with Gasteiger partial charge in [-0.2, -0.15) is 4.31 Å². The summed E-state index contributed by atoms with van der Waals surface area (Å²) in [6.07, 6.45) is 8.23. The van der Waals surface area contributed by atoms with Crippen LogP contribution in [-0.2, 0) is 19.6 Å². The highest BCUT2D eigenvalue weighted by atomic mass is 32.2. The summed E-state index contributed by atoms with van der Waals surface area (Å²) in [5.41, 5.74) is 1.67. The molecule has 6 rings (SSSR count). The van der Waals surface area contributed by atoms with E-state index in [0.717, 1.165) is 23.3 Å². The third-order valence-corrected chi connectivity index (χ3v) is 9.69. The fraction of sp³-hybridized carbons (Fsp3) is 0.696. The van der Waals surface area contributed by atoms with Crippen molar-refractivity contribution < 1.29 is 17.9 Å². The predicted octanol–water partition coefficient (Wildman–Crippen LogP) is 3.56. The Balaban J connectivity index is 1.31. The highest BCUT2D eigenvalue weighted by Gasteiger charge is 2.51. The molecule has 1 heterocycles. The number of nitrogens with zero attached hydrogens (tertiary/aromatic N) is 1. The van der Waals surface area contributed by atoms with E-state index in [0.29, 0.717) is 38.4 Å². The molecule has 1 aliphatic heterocycles. The molecule has 1 amide bonds. The predicted molar refractivity (Wildman–Crippen MR) is 115 cm³/mol. The number of carbonyl (C=O) groups excluding carboxylic acids is 1. The molecular formula is C23H32N2O4S. The van der Waals surface area contributed by atoms with Crippen LogP contribution in [0.25, 0.3) is 0 Å². The van der Waals surface area contributed by atoms with Crippen molar-refractivity contribution in [3.8, 4) is 0 Å². The molecule has 0 atom stereocenters. The second-order valence-electron chi connectivity index (χ2n) is 10.1. The monoisotopic (exact) mass is 432 g/mol. The zero-order chi connectivity index (χ0) is 20.9.